The van der Waals surface area contributed by atoms with Crippen molar-refractivity contribution in [3.63, 3.8) is 0 Å². The molecule has 106 valence electrons. The van der Waals surface area contributed by atoms with Gasteiger partial charge in [0.25, 0.3) is 0 Å². The third kappa shape index (κ3) is 3.55. The molecule has 1 heterocycles. The van der Waals surface area contributed by atoms with Crippen molar-refractivity contribution in [1.82, 2.24) is 9.97 Å². The van der Waals surface area contributed by atoms with E-state index in [-0.39, 0.29) is 23.1 Å². The maximum atomic E-state index is 13.7. The minimum Gasteiger partial charge on any atom is -0.384 e. The molecule has 3 N–H and O–H groups in total. The molecule has 0 spiro atoms. The van der Waals surface area contributed by atoms with Crippen LogP contribution in [0.25, 0.3) is 0 Å². The molecule has 0 amide bonds. The largest absolute Gasteiger partial charge is 0.384 e. The monoisotopic (exact) mass is 296 g/mol. The van der Waals surface area contributed by atoms with Gasteiger partial charge in [0.2, 0.25) is 0 Å². The number of anilines is 3. The molecule has 0 unspecified atom stereocenters. The molecule has 0 aliphatic rings. The number of benzene rings is 1. The standard InChI is InChI=1S/C13H14ClFN4O/c1-2-20-7-12-17-10(16)6-11(18-12)19-13-8(14)4-3-5-9(13)15/h3-6H,2,7H2,1H3,(H3,16,17,18,19). The highest BCUT2D eigenvalue weighted by Gasteiger charge is 2.09. The molecule has 0 aliphatic carbocycles. The Morgan fingerprint density at radius 2 is 2.20 bits per heavy atom. The third-order valence-corrected chi connectivity index (χ3v) is 2.76. The Balaban J connectivity index is 2.27. The van der Waals surface area contributed by atoms with Crippen molar-refractivity contribution in [3.8, 4) is 0 Å². The summed E-state index contributed by atoms with van der Waals surface area (Å²) in [4.78, 5) is 8.23. The van der Waals surface area contributed by atoms with E-state index in [1.807, 2.05) is 6.92 Å². The first-order valence-corrected chi connectivity index (χ1v) is 6.40. The van der Waals surface area contributed by atoms with Gasteiger partial charge in [-0.05, 0) is 19.1 Å². The molecule has 0 saturated carbocycles. The minimum absolute atomic E-state index is 0.148. The summed E-state index contributed by atoms with van der Waals surface area (Å²) in [6, 6.07) is 5.91. The zero-order valence-electron chi connectivity index (χ0n) is 10.9. The second-order valence-corrected chi connectivity index (χ2v) is 4.36. The molecule has 20 heavy (non-hydrogen) atoms. The number of hydrogen-bond donors (Lipinski definition) is 2. The average Bonchev–Trinajstić information content (AvgIpc) is 2.40. The second kappa shape index (κ2) is 6.49. The molecular weight excluding hydrogens is 283 g/mol. The van der Waals surface area contributed by atoms with E-state index in [2.05, 4.69) is 15.3 Å². The third-order valence-electron chi connectivity index (χ3n) is 2.44. The summed E-state index contributed by atoms with van der Waals surface area (Å²) in [6.45, 7) is 2.64. The van der Waals surface area contributed by atoms with Crippen LogP contribution in [0.2, 0.25) is 5.02 Å². The van der Waals surface area contributed by atoms with Crippen LogP contribution in [-0.4, -0.2) is 16.6 Å². The molecule has 0 saturated heterocycles. The number of para-hydroxylation sites is 1. The van der Waals surface area contributed by atoms with Crippen LogP contribution in [0.15, 0.2) is 24.3 Å². The number of nitrogens with one attached hydrogen (secondary N) is 1. The number of rotatable bonds is 5. The predicted octanol–water partition coefficient (Wildman–Crippen LogP) is 3.13. The van der Waals surface area contributed by atoms with Crippen molar-refractivity contribution in [2.24, 2.45) is 0 Å². The second-order valence-electron chi connectivity index (χ2n) is 3.95. The van der Waals surface area contributed by atoms with Gasteiger partial charge in [-0.15, -0.1) is 0 Å². The highest BCUT2D eigenvalue weighted by atomic mass is 35.5. The maximum absolute atomic E-state index is 13.7. The molecule has 7 heteroatoms. The summed E-state index contributed by atoms with van der Waals surface area (Å²) < 4.78 is 18.9. The Hall–Kier alpha value is -1.92. The molecule has 5 nitrogen and oxygen atoms in total. The molecule has 0 bridgehead atoms. The van der Waals surface area contributed by atoms with Crippen molar-refractivity contribution in [2.45, 2.75) is 13.5 Å². The predicted molar refractivity (Wildman–Crippen MR) is 76.5 cm³/mol. The Morgan fingerprint density at radius 3 is 2.90 bits per heavy atom. The summed E-state index contributed by atoms with van der Waals surface area (Å²) in [5.74, 6) is 0.576. The number of nitrogens with zero attached hydrogens (tertiary/aromatic N) is 2. The average molecular weight is 297 g/mol. The zero-order chi connectivity index (χ0) is 14.5. The Bertz CT molecular complexity index is 589. The van der Waals surface area contributed by atoms with Crippen molar-refractivity contribution in [3.05, 3.63) is 40.9 Å². The molecular formula is C13H14ClFN4O. The SMILES string of the molecule is CCOCc1nc(N)cc(Nc2c(F)cccc2Cl)n1. The lowest BCUT2D eigenvalue weighted by molar-refractivity contribution is 0.128. The molecule has 2 aromatic rings. The van der Waals surface area contributed by atoms with Gasteiger partial charge in [-0.3, -0.25) is 0 Å². The van der Waals surface area contributed by atoms with Crippen LogP contribution in [0, 0.1) is 5.82 Å². The van der Waals surface area contributed by atoms with E-state index in [0.29, 0.717) is 18.2 Å². The summed E-state index contributed by atoms with van der Waals surface area (Å²) >= 11 is 5.94. The molecule has 0 radical (unpaired) electrons. The van der Waals surface area contributed by atoms with Gasteiger partial charge >= 0.3 is 0 Å². The van der Waals surface area contributed by atoms with Gasteiger partial charge < -0.3 is 15.8 Å². The summed E-state index contributed by atoms with van der Waals surface area (Å²) in [5.41, 5.74) is 5.84. The fraction of sp³-hybridized carbons (Fsp3) is 0.231. The molecule has 0 fully saturated rings. The van der Waals surface area contributed by atoms with Crippen molar-refractivity contribution in [2.75, 3.05) is 17.7 Å². The first-order valence-electron chi connectivity index (χ1n) is 6.02. The van der Waals surface area contributed by atoms with E-state index in [4.69, 9.17) is 22.1 Å². The van der Waals surface area contributed by atoms with E-state index in [9.17, 15) is 4.39 Å². The topological polar surface area (TPSA) is 73.1 Å². The summed E-state index contributed by atoms with van der Waals surface area (Å²) in [7, 11) is 0. The summed E-state index contributed by atoms with van der Waals surface area (Å²) in [6.07, 6.45) is 0. The van der Waals surface area contributed by atoms with E-state index in [0.717, 1.165) is 0 Å². The number of ether oxygens (including phenoxy) is 1. The molecule has 1 aromatic carbocycles. The number of hydrogen-bond acceptors (Lipinski definition) is 5. The fourth-order valence-electron chi connectivity index (χ4n) is 1.58. The summed E-state index contributed by atoms with van der Waals surface area (Å²) in [5, 5.41) is 3.06. The van der Waals surface area contributed by atoms with Crippen molar-refractivity contribution in [1.29, 1.82) is 0 Å². The molecule has 1 aromatic heterocycles. The Morgan fingerprint density at radius 1 is 1.40 bits per heavy atom. The number of nitrogen functional groups attached to an aromatic ring is 1. The van der Waals surface area contributed by atoms with Crippen LogP contribution in [0.5, 0.6) is 0 Å². The highest BCUT2D eigenvalue weighted by Crippen LogP contribution is 2.27. The lowest BCUT2D eigenvalue weighted by atomic mass is 10.3. The van der Waals surface area contributed by atoms with E-state index in [1.54, 1.807) is 6.07 Å². The van der Waals surface area contributed by atoms with Crippen LogP contribution in [0.4, 0.5) is 21.7 Å². The van der Waals surface area contributed by atoms with Gasteiger partial charge in [0.05, 0.1) is 10.7 Å². The van der Waals surface area contributed by atoms with Crippen LogP contribution >= 0.6 is 11.6 Å². The van der Waals surface area contributed by atoms with Crippen LogP contribution in [0.3, 0.4) is 0 Å². The number of nitrogens with two attached hydrogens (primary N) is 1. The first-order chi connectivity index (χ1) is 9.60. The van der Waals surface area contributed by atoms with Gasteiger partial charge in [-0.1, -0.05) is 17.7 Å². The van der Waals surface area contributed by atoms with E-state index < -0.39 is 5.82 Å². The lowest BCUT2D eigenvalue weighted by Crippen LogP contribution is -2.06. The van der Waals surface area contributed by atoms with Gasteiger partial charge in [0.15, 0.2) is 5.82 Å². The van der Waals surface area contributed by atoms with Gasteiger partial charge in [-0.2, -0.15) is 0 Å². The quantitative estimate of drug-likeness (QED) is 0.887. The highest BCUT2D eigenvalue weighted by molar-refractivity contribution is 6.33. The first kappa shape index (κ1) is 14.5. The maximum Gasteiger partial charge on any atom is 0.158 e. The molecule has 0 atom stereocenters. The van der Waals surface area contributed by atoms with E-state index in [1.165, 1.54) is 18.2 Å². The van der Waals surface area contributed by atoms with E-state index >= 15 is 0 Å². The van der Waals surface area contributed by atoms with Gasteiger partial charge in [0.1, 0.15) is 24.1 Å². The Labute approximate surface area is 120 Å². The normalized spacial score (nSPS) is 10.6. The fourth-order valence-corrected chi connectivity index (χ4v) is 1.80. The van der Waals surface area contributed by atoms with Crippen molar-refractivity contribution >= 4 is 28.9 Å². The Kier molecular flexibility index (Phi) is 4.70. The van der Waals surface area contributed by atoms with Crippen LogP contribution < -0.4 is 11.1 Å². The van der Waals surface area contributed by atoms with Crippen LogP contribution in [-0.2, 0) is 11.3 Å². The van der Waals surface area contributed by atoms with Crippen LogP contribution in [0.1, 0.15) is 12.7 Å². The molecule has 2 rings (SSSR count). The number of aromatic nitrogens is 2. The number of halogens is 2. The minimum atomic E-state index is -0.471. The van der Waals surface area contributed by atoms with Gasteiger partial charge in [0, 0.05) is 12.7 Å². The van der Waals surface area contributed by atoms with Gasteiger partial charge in [-0.25, -0.2) is 14.4 Å². The lowest BCUT2D eigenvalue weighted by Gasteiger charge is -2.10. The molecule has 0 aliphatic heterocycles. The van der Waals surface area contributed by atoms with Crippen molar-refractivity contribution < 1.29 is 9.13 Å². The smallest absolute Gasteiger partial charge is 0.158 e. The zero-order valence-corrected chi connectivity index (χ0v) is 11.6.